The summed E-state index contributed by atoms with van der Waals surface area (Å²) in [6, 6.07) is 0. The maximum absolute atomic E-state index is 5.71. The summed E-state index contributed by atoms with van der Waals surface area (Å²) < 4.78 is 11.3. The third-order valence-corrected chi connectivity index (χ3v) is 2.50. The van der Waals surface area contributed by atoms with Crippen LogP contribution in [0, 0.1) is 0 Å². The van der Waals surface area contributed by atoms with Crippen molar-refractivity contribution in [2.45, 2.75) is 46.1 Å². The predicted octanol–water partition coefficient (Wildman–Crippen LogP) is 2.66. The molecule has 0 aromatic carbocycles. The van der Waals surface area contributed by atoms with Crippen molar-refractivity contribution in [3.05, 3.63) is 11.9 Å². The first-order valence-electron chi connectivity index (χ1n) is 6.76. The van der Waals surface area contributed by atoms with Gasteiger partial charge in [0.15, 0.2) is 0 Å². The number of nitrogens with zero attached hydrogens (tertiary/aromatic N) is 2. The van der Waals surface area contributed by atoms with Gasteiger partial charge in [-0.2, -0.15) is 0 Å². The summed E-state index contributed by atoms with van der Waals surface area (Å²) in [4.78, 5) is 8.42. The largest absolute Gasteiger partial charge is 0.475 e. The zero-order chi connectivity index (χ0) is 14.3. The van der Waals surface area contributed by atoms with Gasteiger partial charge in [-0.3, -0.25) is 0 Å². The molecular weight excluding hydrogens is 242 g/mol. The molecule has 1 aromatic rings. The standard InChI is InChI=1S/C14H25N3O2/c1-6-7-11-12(15-5)16-10-17-13(11)18-8-9-19-14(2,3)4/h10H,6-9H2,1-5H3,(H,15,16,17). The second-order valence-electron chi connectivity index (χ2n) is 5.32. The van der Waals surface area contributed by atoms with E-state index in [9.17, 15) is 0 Å². The average molecular weight is 267 g/mol. The van der Waals surface area contributed by atoms with Crippen LogP contribution in [0.1, 0.15) is 39.7 Å². The molecule has 0 aliphatic rings. The molecule has 0 spiro atoms. The Kier molecular flexibility index (Phi) is 6.02. The van der Waals surface area contributed by atoms with Gasteiger partial charge >= 0.3 is 0 Å². The minimum atomic E-state index is -0.141. The molecule has 5 heteroatoms. The number of ether oxygens (including phenoxy) is 2. The molecule has 0 radical (unpaired) electrons. The third-order valence-electron chi connectivity index (χ3n) is 2.50. The summed E-state index contributed by atoms with van der Waals surface area (Å²) in [6.07, 6.45) is 3.44. The van der Waals surface area contributed by atoms with Gasteiger partial charge in [0.1, 0.15) is 18.8 Å². The summed E-state index contributed by atoms with van der Waals surface area (Å²) in [5.74, 6) is 1.49. The Balaban J connectivity index is 2.62. The van der Waals surface area contributed by atoms with Crippen molar-refractivity contribution in [1.82, 2.24) is 9.97 Å². The van der Waals surface area contributed by atoms with Crippen LogP contribution in [0.5, 0.6) is 5.88 Å². The predicted molar refractivity (Wildman–Crippen MR) is 76.8 cm³/mol. The molecule has 0 atom stereocenters. The van der Waals surface area contributed by atoms with Crippen LogP contribution in [0.3, 0.4) is 0 Å². The maximum atomic E-state index is 5.71. The van der Waals surface area contributed by atoms with Gasteiger partial charge in [0.05, 0.1) is 17.8 Å². The number of rotatable bonds is 7. The average Bonchev–Trinajstić information content (AvgIpc) is 2.35. The highest BCUT2D eigenvalue weighted by Gasteiger charge is 2.12. The van der Waals surface area contributed by atoms with Gasteiger partial charge in [-0.1, -0.05) is 13.3 Å². The Morgan fingerprint density at radius 3 is 2.53 bits per heavy atom. The summed E-state index contributed by atoms with van der Waals surface area (Å²) in [5, 5.41) is 3.07. The zero-order valence-electron chi connectivity index (χ0n) is 12.6. The van der Waals surface area contributed by atoms with Crippen molar-refractivity contribution in [2.24, 2.45) is 0 Å². The van der Waals surface area contributed by atoms with Gasteiger partial charge < -0.3 is 14.8 Å². The Hall–Kier alpha value is -1.36. The topological polar surface area (TPSA) is 56.3 Å². The fourth-order valence-corrected chi connectivity index (χ4v) is 1.70. The molecule has 0 amide bonds. The molecule has 0 aliphatic carbocycles. The molecule has 0 bridgehead atoms. The lowest BCUT2D eigenvalue weighted by Crippen LogP contribution is -2.22. The van der Waals surface area contributed by atoms with Crippen molar-refractivity contribution in [1.29, 1.82) is 0 Å². The minimum absolute atomic E-state index is 0.141. The quantitative estimate of drug-likeness (QED) is 0.770. The molecule has 19 heavy (non-hydrogen) atoms. The van der Waals surface area contributed by atoms with Gasteiger partial charge in [-0.25, -0.2) is 9.97 Å². The SMILES string of the molecule is CCCc1c(NC)ncnc1OCCOC(C)(C)C. The lowest BCUT2D eigenvalue weighted by Gasteiger charge is -2.20. The first-order chi connectivity index (χ1) is 8.98. The second-order valence-corrected chi connectivity index (χ2v) is 5.32. The van der Waals surface area contributed by atoms with Crippen molar-refractivity contribution in [3.63, 3.8) is 0 Å². The van der Waals surface area contributed by atoms with Crippen molar-refractivity contribution in [3.8, 4) is 5.88 Å². The van der Waals surface area contributed by atoms with E-state index in [1.807, 2.05) is 27.8 Å². The van der Waals surface area contributed by atoms with Gasteiger partial charge in [0.2, 0.25) is 5.88 Å². The van der Waals surface area contributed by atoms with Crippen LogP contribution in [0.4, 0.5) is 5.82 Å². The van der Waals surface area contributed by atoms with Crippen LogP contribution in [0.25, 0.3) is 0 Å². The first kappa shape index (κ1) is 15.7. The molecule has 5 nitrogen and oxygen atoms in total. The fourth-order valence-electron chi connectivity index (χ4n) is 1.70. The maximum Gasteiger partial charge on any atom is 0.221 e. The monoisotopic (exact) mass is 267 g/mol. The molecular formula is C14H25N3O2. The highest BCUT2D eigenvalue weighted by atomic mass is 16.5. The van der Waals surface area contributed by atoms with Gasteiger partial charge in [0, 0.05) is 7.05 Å². The van der Waals surface area contributed by atoms with E-state index in [1.165, 1.54) is 6.33 Å². The van der Waals surface area contributed by atoms with Gasteiger partial charge in [0.25, 0.3) is 0 Å². The Morgan fingerprint density at radius 2 is 1.95 bits per heavy atom. The zero-order valence-corrected chi connectivity index (χ0v) is 12.6. The van der Waals surface area contributed by atoms with Crippen LogP contribution < -0.4 is 10.1 Å². The molecule has 0 unspecified atom stereocenters. The lowest BCUT2D eigenvalue weighted by atomic mass is 10.2. The Bertz CT molecular complexity index is 389. The number of aromatic nitrogens is 2. The van der Waals surface area contributed by atoms with E-state index >= 15 is 0 Å². The molecule has 0 saturated heterocycles. The van der Waals surface area contributed by atoms with E-state index in [-0.39, 0.29) is 5.60 Å². The molecule has 1 heterocycles. The molecule has 0 saturated carbocycles. The molecule has 0 fully saturated rings. The summed E-state index contributed by atoms with van der Waals surface area (Å²) in [7, 11) is 1.86. The summed E-state index contributed by atoms with van der Waals surface area (Å²) in [6.45, 7) is 9.25. The number of hydrogen-bond acceptors (Lipinski definition) is 5. The summed E-state index contributed by atoms with van der Waals surface area (Å²) >= 11 is 0. The van der Waals surface area contributed by atoms with Crippen LogP contribution in [-0.4, -0.2) is 35.8 Å². The second kappa shape index (κ2) is 7.28. The number of nitrogens with one attached hydrogen (secondary N) is 1. The normalized spacial score (nSPS) is 11.4. The van der Waals surface area contributed by atoms with E-state index in [0.717, 1.165) is 24.2 Å². The molecule has 1 aromatic heterocycles. The smallest absolute Gasteiger partial charge is 0.221 e. The Labute approximate surface area is 115 Å². The third kappa shape index (κ3) is 5.42. The van der Waals surface area contributed by atoms with Crippen LogP contribution in [-0.2, 0) is 11.2 Å². The number of anilines is 1. The molecule has 108 valence electrons. The molecule has 1 rings (SSSR count). The van der Waals surface area contributed by atoms with Crippen LogP contribution in [0.15, 0.2) is 6.33 Å². The van der Waals surface area contributed by atoms with E-state index in [0.29, 0.717) is 19.1 Å². The van der Waals surface area contributed by atoms with E-state index in [2.05, 4.69) is 22.2 Å². The van der Waals surface area contributed by atoms with Crippen LogP contribution >= 0.6 is 0 Å². The molecule has 0 aliphatic heterocycles. The van der Waals surface area contributed by atoms with Crippen molar-refractivity contribution in [2.75, 3.05) is 25.6 Å². The fraction of sp³-hybridized carbons (Fsp3) is 0.714. The van der Waals surface area contributed by atoms with Crippen molar-refractivity contribution < 1.29 is 9.47 Å². The van der Waals surface area contributed by atoms with Gasteiger partial charge in [-0.15, -0.1) is 0 Å². The van der Waals surface area contributed by atoms with E-state index in [1.54, 1.807) is 0 Å². The van der Waals surface area contributed by atoms with E-state index in [4.69, 9.17) is 9.47 Å². The van der Waals surface area contributed by atoms with Crippen molar-refractivity contribution >= 4 is 5.82 Å². The Morgan fingerprint density at radius 1 is 1.21 bits per heavy atom. The first-order valence-corrected chi connectivity index (χ1v) is 6.76. The summed E-state index contributed by atoms with van der Waals surface area (Å²) in [5.41, 5.74) is 0.889. The highest BCUT2D eigenvalue weighted by molar-refractivity contribution is 5.48. The minimum Gasteiger partial charge on any atom is -0.475 e. The highest BCUT2D eigenvalue weighted by Crippen LogP contribution is 2.23. The van der Waals surface area contributed by atoms with Crippen LogP contribution in [0.2, 0.25) is 0 Å². The van der Waals surface area contributed by atoms with E-state index < -0.39 is 0 Å². The number of hydrogen-bond donors (Lipinski definition) is 1. The van der Waals surface area contributed by atoms with Gasteiger partial charge in [-0.05, 0) is 27.2 Å². The molecule has 1 N–H and O–H groups in total. The lowest BCUT2D eigenvalue weighted by molar-refractivity contribution is -0.0169.